The quantitative estimate of drug-likeness (QED) is 0.576. The lowest BCUT2D eigenvalue weighted by molar-refractivity contribution is 0.0696. The Labute approximate surface area is 119 Å². The fourth-order valence-electron chi connectivity index (χ4n) is 1.66. The van der Waals surface area contributed by atoms with Crippen molar-refractivity contribution in [2.24, 2.45) is 5.18 Å². The monoisotopic (exact) mass is 285 g/mol. The van der Waals surface area contributed by atoms with Crippen molar-refractivity contribution in [2.75, 3.05) is 10.9 Å². The Hall–Kier alpha value is -3.22. The molecule has 0 radical (unpaired) electrons. The molecule has 0 bridgehead atoms. The summed E-state index contributed by atoms with van der Waals surface area (Å²) in [6, 6.07) is 12.4. The number of hydrogen-bond donors (Lipinski definition) is 3. The molecule has 0 saturated heterocycles. The van der Waals surface area contributed by atoms with E-state index in [1.54, 1.807) is 24.3 Å². The molecule has 0 aromatic heterocycles. The summed E-state index contributed by atoms with van der Waals surface area (Å²) in [5.74, 6) is -1.88. The van der Waals surface area contributed by atoms with Gasteiger partial charge in [-0.2, -0.15) is 0 Å². The van der Waals surface area contributed by atoms with Gasteiger partial charge in [-0.3, -0.25) is 4.79 Å². The van der Waals surface area contributed by atoms with Crippen molar-refractivity contribution in [3.8, 4) is 0 Å². The molecule has 106 valence electrons. The van der Waals surface area contributed by atoms with Crippen molar-refractivity contribution < 1.29 is 14.7 Å². The molecule has 1 amide bonds. The van der Waals surface area contributed by atoms with E-state index in [-0.39, 0.29) is 11.1 Å². The molecule has 21 heavy (non-hydrogen) atoms. The molecule has 0 aliphatic rings. The second-order valence-electron chi connectivity index (χ2n) is 4.11. The summed E-state index contributed by atoms with van der Waals surface area (Å²) in [6.45, 7) is 0. The molecule has 7 heteroatoms. The van der Waals surface area contributed by atoms with E-state index < -0.39 is 11.9 Å². The number of rotatable bonds is 5. The van der Waals surface area contributed by atoms with E-state index in [1.807, 2.05) is 0 Å². The molecule has 0 unspecified atom stereocenters. The highest BCUT2D eigenvalue weighted by atomic mass is 16.4. The van der Waals surface area contributed by atoms with Gasteiger partial charge in [0.15, 0.2) is 0 Å². The molecule has 0 fully saturated rings. The molecular formula is C14H11N3O4. The molecule has 2 aromatic rings. The average molecular weight is 285 g/mol. The van der Waals surface area contributed by atoms with E-state index in [4.69, 9.17) is 5.11 Å². The first-order chi connectivity index (χ1) is 10.1. The summed E-state index contributed by atoms with van der Waals surface area (Å²) in [5, 5.41) is 11.2. The van der Waals surface area contributed by atoms with Crippen LogP contribution in [0.4, 0.5) is 11.4 Å². The van der Waals surface area contributed by atoms with Crippen LogP contribution in [0.5, 0.6) is 0 Å². The first kappa shape index (κ1) is 14.2. The second kappa shape index (κ2) is 6.29. The summed E-state index contributed by atoms with van der Waals surface area (Å²) >= 11 is 0. The number of nitrogens with one attached hydrogen (secondary N) is 2. The second-order valence-corrected chi connectivity index (χ2v) is 4.11. The van der Waals surface area contributed by atoms with Gasteiger partial charge in [0, 0.05) is 10.7 Å². The maximum absolute atomic E-state index is 11.2. The Kier molecular flexibility index (Phi) is 4.25. The number of hydrazine groups is 1. The predicted molar refractivity (Wildman–Crippen MR) is 77.2 cm³/mol. The van der Waals surface area contributed by atoms with Gasteiger partial charge in [0.05, 0.1) is 16.9 Å². The average Bonchev–Trinajstić information content (AvgIpc) is 2.52. The number of carbonyl (C=O) groups excluding carboxylic acids is 1. The van der Waals surface area contributed by atoms with E-state index in [0.717, 1.165) is 0 Å². The molecule has 0 aliphatic heterocycles. The van der Waals surface area contributed by atoms with Crippen LogP contribution in [0.1, 0.15) is 20.7 Å². The molecule has 0 heterocycles. The highest BCUT2D eigenvalue weighted by molar-refractivity contribution is 5.95. The van der Waals surface area contributed by atoms with Crippen molar-refractivity contribution in [3.05, 3.63) is 64.6 Å². The van der Waals surface area contributed by atoms with Crippen LogP contribution in [0, 0.1) is 4.91 Å². The van der Waals surface area contributed by atoms with Gasteiger partial charge in [0.1, 0.15) is 0 Å². The smallest absolute Gasteiger partial charge is 0.335 e. The van der Waals surface area contributed by atoms with Crippen LogP contribution in [0.3, 0.4) is 0 Å². The molecule has 0 saturated carbocycles. The van der Waals surface area contributed by atoms with Gasteiger partial charge < -0.3 is 16.0 Å². The van der Waals surface area contributed by atoms with E-state index in [2.05, 4.69) is 16.0 Å². The summed E-state index contributed by atoms with van der Waals surface area (Å²) < 4.78 is 0. The van der Waals surface area contributed by atoms with Crippen LogP contribution < -0.4 is 10.9 Å². The fourth-order valence-corrected chi connectivity index (χ4v) is 1.66. The molecular weight excluding hydrogens is 274 g/mol. The summed E-state index contributed by atoms with van der Waals surface area (Å²) in [6.07, 6.45) is 0. The zero-order chi connectivity index (χ0) is 15.2. The van der Waals surface area contributed by atoms with Crippen molar-refractivity contribution in [1.29, 1.82) is 0 Å². The summed E-state index contributed by atoms with van der Waals surface area (Å²) in [7, 11) is 0. The maximum atomic E-state index is 11.2. The van der Waals surface area contributed by atoms with Crippen molar-refractivity contribution >= 4 is 23.3 Å². The summed E-state index contributed by atoms with van der Waals surface area (Å²) in [5.41, 5.74) is 7.00. The van der Waals surface area contributed by atoms with Crippen LogP contribution in [0.15, 0.2) is 53.7 Å². The van der Waals surface area contributed by atoms with E-state index in [1.165, 1.54) is 24.3 Å². The molecule has 2 aromatic carbocycles. The molecule has 2 rings (SSSR count). The number of aromatic carboxylic acids is 1. The summed E-state index contributed by atoms with van der Waals surface area (Å²) in [4.78, 5) is 32.2. The first-order valence-corrected chi connectivity index (χ1v) is 5.93. The lowest BCUT2D eigenvalue weighted by atomic mass is 10.2. The third kappa shape index (κ3) is 3.63. The largest absolute Gasteiger partial charge is 0.478 e. The van der Waals surface area contributed by atoms with Gasteiger partial charge in [-0.15, -0.1) is 4.91 Å². The minimum absolute atomic E-state index is 0.149. The number of amides is 1. The molecule has 0 atom stereocenters. The Morgan fingerprint density at radius 2 is 1.43 bits per heavy atom. The minimum atomic E-state index is -1.02. The standard InChI is InChI=1S/C14H11N3O4/c18-13(17-21)9-3-1-5-11(7-9)15-16-12-6-2-4-10(8-12)14(19)20/h1-8,15-16H,(H,19,20). The maximum Gasteiger partial charge on any atom is 0.335 e. The topological polar surface area (TPSA) is 108 Å². The number of carbonyl (C=O) groups is 2. The Morgan fingerprint density at radius 1 is 0.905 bits per heavy atom. The van der Waals surface area contributed by atoms with Gasteiger partial charge in [0.25, 0.3) is 0 Å². The van der Waals surface area contributed by atoms with Crippen LogP contribution in [-0.4, -0.2) is 17.0 Å². The van der Waals surface area contributed by atoms with Gasteiger partial charge in [-0.05, 0) is 36.4 Å². The Morgan fingerprint density at radius 3 is 1.95 bits per heavy atom. The van der Waals surface area contributed by atoms with Crippen LogP contribution >= 0.6 is 0 Å². The Bertz CT molecular complexity index is 700. The van der Waals surface area contributed by atoms with E-state index >= 15 is 0 Å². The van der Waals surface area contributed by atoms with Gasteiger partial charge in [0.2, 0.25) is 0 Å². The number of benzene rings is 2. The van der Waals surface area contributed by atoms with Crippen molar-refractivity contribution in [3.63, 3.8) is 0 Å². The normalized spacial score (nSPS) is 9.71. The number of carboxylic acids is 1. The predicted octanol–water partition coefficient (Wildman–Crippen LogP) is 2.73. The van der Waals surface area contributed by atoms with Crippen LogP contribution in [0.25, 0.3) is 0 Å². The molecule has 0 spiro atoms. The van der Waals surface area contributed by atoms with E-state index in [0.29, 0.717) is 11.4 Å². The van der Waals surface area contributed by atoms with Gasteiger partial charge in [-0.25, -0.2) is 4.79 Å². The molecule has 0 aliphatic carbocycles. The highest BCUT2D eigenvalue weighted by Gasteiger charge is 2.06. The third-order valence-corrected chi connectivity index (χ3v) is 2.65. The number of hydrogen-bond acceptors (Lipinski definition) is 5. The first-order valence-electron chi connectivity index (χ1n) is 5.93. The zero-order valence-corrected chi connectivity index (χ0v) is 10.7. The number of anilines is 2. The zero-order valence-electron chi connectivity index (χ0n) is 10.7. The van der Waals surface area contributed by atoms with Crippen LogP contribution in [-0.2, 0) is 0 Å². The third-order valence-electron chi connectivity index (χ3n) is 2.65. The minimum Gasteiger partial charge on any atom is -0.478 e. The van der Waals surface area contributed by atoms with E-state index in [9.17, 15) is 14.5 Å². The highest BCUT2D eigenvalue weighted by Crippen LogP contribution is 2.14. The van der Waals surface area contributed by atoms with Gasteiger partial charge >= 0.3 is 11.9 Å². The van der Waals surface area contributed by atoms with Gasteiger partial charge in [-0.1, -0.05) is 12.1 Å². The SMILES string of the molecule is O=NC(=O)c1cccc(NNc2cccc(C(=O)O)c2)c1. The number of carboxylic acid groups (broad SMARTS) is 1. The van der Waals surface area contributed by atoms with Crippen LogP contribution in [0.2, 0.25) is 0 Å². The molecule has 7 nitrogen and oxygen atoms in total. The Balaban J connectivity index is 2.09. The fraction of sp³-hybridized carbons (Fsp3) is 0. The number of nitrogens with zero attached hydrogens (tertiary/aromatic N) is 1. The lowest BCUT2D eigenvalue weighted by Crippen LogP contribution is -2.10. The lowest BCUT2D eigenvalue weighted by Gasteiger charge is -2.10. The van der Waals surface area contributed by atoms with Crippen molar-refractivity contribution in [2.45, 2.75) is 0 Å². The number of nitroso groups, excluding NO2 is 1. The van der Waals surface area contributed by atoms with Crippen molar-refractivity contribution in [1.82, 2.24) is 0 Å². The molecule has 3 N–H and O–H groups in total.